The number of thioether (sulfide) groups is 1. The first-order valence-electron chi connectivity index (χ1n) is 8.14. The number of Topliss-reactive ketones (excluding diaryl/α,β-unsaturated/α-hetero) is 1. The van der Waals surface area contributed by atoms with Crippen LogP contribution in [0, 0.1) is 0 Å². The molecule has 0 aliphatic carbocycles. The van der Waals surface area contributed by atoms with Gasteiger partial charge in [0.05, 0.1) is 12.9 Å². The van der Waals surface area contributed by atoms with Gasteiger partial charge in [-0.25, -0.2) is 0 Å². The molecule has 6 nitrogen and oxygen atoms in total. The van der Waals surface area contributed by atoms with Gasteiger partial charge in [-0.2, -0.15) is 0 Å². The minimum atomic E-state index is 0.0438. The van der Waals surface area contributed by atoms with E-state index in [9.17, 15) is 4.79 Å². The Morgan fingerprint density at radius 2 is 1.81 bits per heavy atom. The van der Waals surface area contributed by atoms with E-state index in [0.29, 0.717) is 33.8 Å². The first-order valence-corrected chi connectivity index (χ1v) is 9.92. The van der Waals surface area contributed by atoms with Gasteiger partial charge in [-0.3, -0.25) is 4.79 Å². The maximum absolute atomic E-state index is 12.3. The van der Waals surface area contributed by atoms with Crippen molar-refractivity contribution in [2.75, 3.05) is 12.9 Å². The highest BCUT2D eigenvalue weighted by atomic mass is 79.9. The molecule has 27 heavy (non-hydrogen) atoms. The largest absolute Gasteiger partial charge is 0.493 e. The number of halogens is 1. The van der Waals surface area contributed by atoms with E-state index in [0.717, 1.165) is 4.47 Å². The Kier molecular flexibility index (Phi) is 6.52. The van der Waals surface area contributed by atoms with Gasteiger partial charge in [-0.05, 0) is 24.3 Å². The van der Waals surface area contributed by atoms with Gasteiger partial charge < -0.3 is 14.0 Å². The summed E-state index contributed by atoms with van der Waals surface area (Å²) in [6, 6.07) is 14.7. The molecule has 0 saturated heterocycles. The second kappa shape index (κ2) is 9.05. The van der Waals surface area contributed by atoms with Crippen LogP contribution in [0.4, 0.5) is 0 Å². The van der Waals surface area contributed by atoms with E-state index in [1.165, 1.54) is 11.8 Å². The Morgan fingerprint density at radius 1 is 1.11 bits per heavy atom. The van der Waals surface area contributed by atoms with E-state index in [1.807, 2.05) is 48.0 Å². The van der Waals surface area contributed by atoms with Crippen molar-refractivity contribution in [3.05, 3.63) is 64.4 Å². The molecule has 0 spiro atoms. The number of hydrogen-bond acceptors (Lipinski definition) is 6. The fourth-order valence-corrected chi connectivity index (χ4v) is 3.41. The summed E-state index contributed by atoms with van der Waals surface area (Å²) >= 11 is 4.72. The van der Waals surface area contributed by atoms with E-state index >= 15 is 0 Å². The minimum absolute atomic E-state index is 0.0438. The number of aromatic nitrogens is 3. The molecule has 0 saturated carbocycles. The van der Waals surface area contributed by atoms with Gasteiger partial charge in [0.2, 0.25) is 0 Å². The van der Waals surface area contributed by atoms with Crippen LogP contribution in [0.1, 0.15) is 16.2 Å². The third-order valence-corrected chi connectivity index (χ3v) is 5.40. The Morgan fingerprint density at radius 3 is 2.52 bits per heavy atom. The second-order valence-electron chi connectivity index (χ2n) is 5.62. The van der Waals surface area contributed by atoms with Crippen molar-refractivity contribution in [2.45, 2.75) is 11.8 Å². The average Bonchev–Trinajstić information content (AvgIpc) is 3.04. The highest BCUT2D eigenvalue weighted by Crippen LogP contribution is 2.27. The standard InChI is InChI=1S/C19H18BrN3O3S/c1-23-18(11-26-17-6-4-3-5-16(17)25-2)21-22-19(23)27-12-15(24)13-7-9-14(20)10-8-13/h3-10H,11-12H2,1-2H3. The Bertz CT molecular complexity index is 928. The highest BCUT2D eigenvalue weighted by Gasteiger charge is 2.14. The molecule has 0 fully saturated rings. The van der Waals surface area contributed by atoms with Gasteiger partial charge in [-0.1, -0.05) is 52.0 Å². The third kappa shape index (κ3) is 4.90. The first-order chi connectivity index (χ1) is 13.1. The molecule has 0 amide bonds. The average molecular weight is 448 g/mol. The van der Waals surface area contributed by atoms with E-state index in [1.54, 1.807) is 19.2 Å². The van der Waals surface area contributed by atoms with Crippen LogP contribution in [0.2, 0.25) is 0 Å². The lowest BCUT2D eigenvalue weighted by molar-refractivity contribution is 0.102. The van der Waals surface area contributed by atoms with Crippen molar-refractivity contribution in [2.24, 2.45) is 7.05 Å². The van der Waals surface area contributed by atoms with Crippen LogP contribution in [0.5, 0.6) is 11.5 Å². The summed E-state index contributed by atoms with van der Waals surface area (Å²) in [5.74, 6) is 2.31. The molecule has 1 aromatic heterocycles. The van der Waals surface area contributed by atoms with Crippen LogP contribution in [-0.4, -0.2) is 33.4 Å². The molecule has 8 heteroatoms. The van der Waals surface area contributed by atoms with Gasteiger partial charge in [-0.15, -0.1) is 10.2 Å². The quantitative estimate of drug-likeness (QED) is 0.381. The van der Waals surface area contributed by atoms with Crippen molar-refractivity contribution < 1.29 is 14.3 Å². The molecular formula is C19H18BrN3O3S. The molecule has 1 heterocycles. The summed E-state index contributed by atoms with van der Waals surface area (Å²) in [7, 11) is 3.45. The monoisotopic (exact) mass is 447 g/mol. The van der Waals surface area contributed by atoms with Crippen molar-refractivity contribution in [3.8, 4) is 11.5 Å². The number of ketones is 1. The summed E-state index contributed by atoms with van der Waals surface area (Å²) < 4.78 is 13.8. The number of methoxy groups -OCH3 is 1. The fourth-order valence-electron chi connectivity index (χ4n) is 2.33. The molecular weight excluding hydrogens is 430 g/mol. The van der Waals surface area contributed by atoms with E-state index in [4.69, 9.17) is 9.47 Å². The molecule has 2 aromatic carbocycles. The zero-order valence-corrected chi connectivity index (χ0v) is 17.3. The number of nitrogens with zero attached hydrogens (tertiary/aromatic N) is 3. The minimum Gasteiger partial charge on any atom is -0.493 e. The predicted molar refractivity (Wildman–Crippen MR) is 108 cm³/mol. The lowest BCUT2D eigenvalue weighted by Crippen LogP contribution is -2.06. The number of benzene rings is 2. The van der Waals surface area contributed by atoms with Gasteiger partial charge in [0, 0.05) is 17.1 Å². The van der Waals surface area contributed by atoms with Crippen molar-refractivity contribution in [1.29, 1.82) is 0 Å². The number of hydrogen-bond donors (Lipinski definition) is 0. The topological polar surface area (TPSA) is 66.2 Å². The summed E-state index contributed by atoms with van der Waals surface area (Å²) in [5, 5.41) is 8.98. The van der Waals surface area contributed by atoms with Crippen LogP contribution in [0.3, 0.4) is 0 Å². The molecule has 0 radical (unpaired) electrons. The molecule has 140 valence electrons. The van der Waals surface area contributed by atoms with E-state index < -0.39 is 0 Å². The number of carbonyl (C=O) groups excluding carboxylic acids is 1. The zero-order valence-electron chi connectivity index (χ0n) is 14.9. The van der Waals surface area contributed by atoms with Crippen molar-refractivity contribution in [3.63, 3.8) is 0 Å². The number of para-hydroxylation sites is 2. The number of carbonyl (C=O) groups is 1. The van der Waals surface area contributed by atoms with Gasteiger partial charge in [0.1, 0.15) is 6.61 Å². The summed E-state index contributed by atoms with van der Waals surface area (Å²) in [5.41, 5.74) is 0.674. The SMILES string of the molecule is COc1ccccc1OCc1nnc(SCC(=O)c2ccc(Br)cc2)n1C. The molecule has 0 atom stereocenters. The molecule has 0 N–H and O–H groups in total. The Hall–Kier alpha value is -2.32. The van der Waals surface area contributed by atoms with E-state index in [-0.39, 0.29) is 12.4 Å². The molecule has 0 aliphatic rings. The summed E-state index contributed by atoms with van der Waals surface area (Å²) in [4.78, 5) is 12.3. The second-order valence-corrected chi connectivity index (χ2v) is 7.47. The maximum atomic E-state index is 12.3. The molecule has 0 aliphatic heterocycles. The highest BCUT2D eigenvalue weighted by molar-refractivity contribution is 9.10. The van der Waals surface area contributed by atoms with Crippen LogP contribution in [0.15, 0.2) is 58.2 Å². The van der Waals surface area contributed by atoms with Crippen LogP contribution in [0.25, 0.3) is 0 Å². The fraction of sp³-hybridized carbons (Fsp3) is 0.211. The summed E-state index contributed by atoms with van der Waals surface area (Å²) in [6.45, 7) is 0.255. The summed E-state index contributed by atoms with van der Waals surface area (Å²) in [6.07, 6.45) is 0. The zero-order chi connectivity index (χ0) is 19.2. The predicted octanol–water partition coefficient (Wildman–Crippen LogP) is 4.14. The number of rotatable bonds is 8. The normalized spacial score (nSPS) is 10.6. The van der Waals surface area contributed by atoms with Crippen LogP contribution >= 0.6 is 27.7 Å². The van der Waals surface area contributed by atoms with Gasteiger partial charge in [0.15, 0.2) is 28.3 Å². The van der Waals surface area contributed by atoms with Crippen molar-refractivity contribution in [1.82, 2.24) is 14.8 Å². The van der Waals surface area contributed by atoms with Crippen LogP contribution < -0.4 is 9.47 Å². The van der Waals surface area contributed by atoms with Crippen LogP contribution in [-0.2, 0) is 13.7 Å². The van der Waals surface area contributed by atoms with Gasteiger partial charge >= 0.3 is 0 Å². The Balaban J connectivity index is 1.60. The first kappa shape index (κ1) is 19.4. The molecule has 3 rings (SSSR count). The molecule has 3 aromatic rings. The Labute approximate surface area is 170 Å². The lowest BCUT2D eigenvalue weighted by atomic mass is 10.2. The lowest BCUT2D eigenvalue weighted by Gasteiger charge is -2.10. The smallest absolute Gasteiger partial charge is 0.191 e. The van der Waals surface area contributed by atoms with E-state index in [2.05, 4.69) is 26.1 Å². The third-order valence-electron chi connectivity index (χ3n) is 3.85. The molecule has 0 bridgehead atoms. The number of ether oxygens (including phenoxy) is 2. The van der Waals surface area contributed by atoms with Crippen molar-refractivity contribution >= 4 is 33.5 Å². The maximum Gasteiger partial charge on any atom is 0.191 e. The molecule has 0 unspecified atom stereocenters. The van der Waals surface area contributed by atoms with Gasteiger partial charge in [0.25, 0.3) is 0 Å².